The van der Waals surface area contributed by atoms with Crippen LogP contribution < -0.4 is 15.6 Å². The molecular weight excluding hydrogens is 420 g/mol. The van der Waals surface area contributed by atoms with Crippen LogP contribution in [0.3, 0.4) is 0 Å². The molecule has 0 atom stereocenters. The van der Waals surface area contributed by atoms with Crippen LogP contribution in [0, 0.1) is 6.92 Å². The van der Waals surface area contributed by atoms with Crippen LogP contribution in [0.4, 0.5) is 5.69 Å². The SMILES string of the molecule is CC(=O)NS(=O)(=O)c1ccc(NC(=O)Cn2nc(-c3ccc(C)cc3)ccc2=O)cc1. The highest BCUT2D eigenvalue weighted by Crippen LogP contribution is 2.16. The number of hydrogen-bond donors (Lipinski definition) is 2. The number of benzene rings is 2. The second kappa shape index (κ2) is 8.92. The van der Waals surface area contributed by atoms with Crippen LogP contribution in [0.1, 0.15) is 12.5 Å². The Bertz CT molecular complexity index is 1280. The summed E-state index contributed by atoms with van der Waals surface area (Å²) < 4.78 is 26.8. The maximum absolute atomic E-state index is 12.4. The van der Waals surface area contributed by atoms with E-state index in [0.717, 1.165) is 22.7 Å². The van der Waals surface area contributed by atoms with Crippen molar-refractivity contribution < 1.29 is 18.0 Å². The first-order chi connectivity index (χ1) is 14.6. The van der Waals surface area contributed by atoms with E-state index in [9.17, 15) is 22.8 Å². The third kappa shape index (κ3) is 5.64. The maximum Gasteiger partial charge on any atom is 0.267 e. The average molecular weight is 440 g/mol. The number of nitrogens with zero attached hydrogens (tertiary/aromatic N) is 2. The average Bonchev–Trinajstić information content (AvgIpc) is 2.70. The fraction of sp³-hybridized carbons (Fsp3) is 0.143. The molecule has 2 N–H and O–H groups in total. The second-order valence-corrected chi connectivity index (χ2v) is 8.50. The molecule has 0 bridgehead atoms. The predicted octanol–water partition coefficient (Wildman–Crippen LogP) is 1.68. The number of sulfonamides is 1. The van der Waals surface area contributed by atoms with Gasteiger partial charge in [-0.1, -0.05) is 29.8 Å². The third-order valence-corrected chi connectivity index (χ3v) is 5.68. The van der Waals surface area contributed by atoms with Gasteiger partial charge in [-0.2, -0.15) is 5.10 Å². The molecular formula is C21H20N4O5S. The van der Waals surface area contributed by atoms with Gasteiger partial charge in [0.15, 0.2) is 0 Å². The molecule has 0 fully saturated rings. The minimum atomic E-state index is -3.96. The Morgan fingerprint density at radius 2 is 1.61 bits per heavy atom. The number of rotatable bonds is 6. The molecule has 1 heterocycles. The molecule has 0 aliphatic carbocycles. The van der Waals surface area contributed by atoms with E-state index in [-0.39, 0.29) is 11.4 Å². The van der Waals surface area contributed by atoms with Gasteiger partial charge in [-0.3, -0.25) is 14.4 Å². The van der Waals surface area contributed by atoms with E-state index in [1.54, 1.807) is 6.07 Å². The zero-order valence-electron chi connectivity index (χ0n) is 16.8. The molecule has 0 saturated carbocycles. The number of carbonyl (C=O) groups excluding carboxylic acids is 2. The highest BCUT2D eigenvalue weighted by atomic mass is 32.2. The molecule has 2 aromatic carbocycles. The highest BCUT2D eigenvalue weighted by Gasteiger charge is 2.15. The van der Waals surface area contributed by atoms with Crippen molar-refractivity contribution in [2.75, 3.05) is 5.32 Å². The number of carbonyl (C=O) groups is 2. The normalized spacial score (nSPS) is 11.0. The van der Waals surface area contributed by atoms with E-state index in [4.69, 9.17) is 0 Å². The van der Waals surface area contributed by atoms with Crippen LogP contribution in [0.5, 0.6) is 0 Å². The van der Waals surface area contributed by atoms with E-state index in [1.165, 1.54) is 30.3 Å². The quantitative estimate of drug-likeness (QED) is 0.600. The van der Waals surface area contributed by atoms with Crippen molar-refractivity contribution in [3.63, 3.8) is 0 Å². The monoisotopic (exact) mass is 440 g/mol. The lowest BCUT2D eigenvalue weighted by Crippen LogP contribution is -2.29. The Morgan fingerprint density at radius 1 is 0.968 bits per heavy atom. The summed E-state index contributed by atoms with van der Waals surface area (Å²) in [5.41, 5.74) is 2.36. The molecule has 31 heavy (non-hydrogen) atoms. The van der Waals surface area contributed by atoms with Crippen molar-refractivity contribution >= 4 is 27.5 Å². The van der Waals surface area contributed by atoms with Gasteiger partial charge >= 0.3 is 0 Å². The summed E-state index contributed by atoms with van der Waals surface area (Å²) in [6.45, 7) is 2.74. The Balaban J connectivity index is 1.72. The van der Waals surface area contributed by atoms with E-state index in [1.807, 2.05) is 35.9 Å². The lowest BCUT2D eigenvalue weighted by atomic mass is 10.1. The Hall–Kier alpha value is -3.79. The van der Waals surface area contributed by atoms with Crippen LogP contribution in [0.2, 0.25) is 0 Å². The van der Waals surface area contributed by atoms with Crippen molar-refractivity contribution in [3.8, 4) is 11.3 Å². The molecule has 0 saturated heterocycles. The van der Waals surface area contributed by atoms with Crippen LogP contribution >= 0.6 is 0 Å². The summed E-state index contributed by atoms with van der Waals surface area (Å²) in [6.07, 6.45) is 0. The number of hydrogen-bond acceptors (Lipinski definition) is 6. The van der Waals surface area contributed by atoms with Gasteiger partial charge in [0.2, 0.25) is 11.8 Å². The molecule has 3 aromatic rings. The summed E-state index contributed by atoms with van der Waals surface area (Å²) in [5, 5.41) is 6.83. The zero-order valence-corrected chi connectivity index (χ0v) is 17.6. The highest BCUT2D eigenvalue weighted by molar-refractivity contribution is 7.90. The topological polar surface area (TPSA) is 127 Å². The van der Waals surface area contributed by atoms with Crippen molar-refractivity contribution in [3.05, 3.63) is 76.6 Å². The summed E-state index contributed by atoms with van der Waals surface area (Å²) in [5.74, 6) is -1.21. The smallest absolute Gasteiger partial charge is 0.267 e. The molecule has 0 unspecified atom stereocenters. The molecule has 9 nitrogen and oxygen atoms in total. The summed E-state index contributed by atoms with van der Waals surface area (Å²) in [6, 6.07) is 15.8. The van der Waals surface area contributed by atoms with Crippen molar-refractivity contribution in [2.45, 2.75) is 25.3 Å². The van der Waals surface area contributed by atoms with Crippen LogP contribution in [-0.2, 0) is 26.2 Å². The molecule has 1 aromatic heterocycles. The van der Waals surface area contributed by atoms with Gasteiger partial charge in [0, 0.05) is 24.2 Å². The molecule has 0 aliphatic heterocycles. The number of amides is 2. The maximum atomic E-state index is 12.4. The van der Waals surface area contributed by atoms with Crippen molar-refractivity contribution in [1.29, 1.82) is 0 Å². The number of nitrogens with one attached hydrogen (secondary N) is 2. The number of anilines is 1. The van der Waals surface area contributed by atoms with Crippen LogP contribution in [-0.4, -0.2) is 30.0 Å². The number of aromatic nitrogens is 2. The van der Waals surface area contributed by atoms with E-state index in [2.05, 4.69) is 10.4 Å². The molecule has 0 aliphatic rings. The molecule has 10 heteroatoms. The fourth-order valence-electron chi connectivity index (χ4n) is 2.74. The lowest BCUT2D eigenvalue weighted by Gasteiger charge is -2.09. The van der Waals surface area contributed by atoms with Gasteiger partial charge < -0.3 is 5.32 Å². The first kappa shape index (κ1) is 21.9. The van der Waals surface area contributed by atoms with E-state index in [0.29, 0.717) is 11.4 Å². The minimum Gasteiger partial charge on any atom is -0.324 e. The standard InChI is InChI=1S/C21H20N4O5S/c1-14-3-5-16(6-4-14)19-11-12-21(28)25(23-19)13-20(27)22-17-7-9-18(10-8-17)31(29,30)24-15(2)26/h3-12H,13H2,1-2H3,(H,22,27)(H,24,26). The molecule has 0 spiro atoms. The van der Waals surface area contributed by atoms with Gasteiger partial charge in [0.05, 0.1) is 10.6 Å². The molecule has 0 radical (unpaired) electrons. The van der Waals surface area contributed by atoms with Gasteiger partial charge in [0.25, 0.3) is 15.6 Å². The first-order valence-electron chi connectivity index (χ1n) is 9.22. The zero-order chi connectivity index (χ0) is 22.6. The summed E-state index contributed by atoms with van der Waals surface area (Å²) in [4.78, 5) is 35.3. The van der Waals surface area contributed by atoms with Crippen LogP contribution in [0.25, 0.3) is 11.3 Å². The Morgan fingerprint density at radius 3 is 2.23 bits per heavy atom. The lowest BCUT2D eigenvalue weighted by molar-refractivity contribution is -0.118. The van der Waals surface area contributed by atoms with E-state index >= 15 is 0 Å². The number of aryl methyl sites for hydroxylation is 1. The van der Waals surface area contributed by atoms with E-state index < -0.39 is 27.4 Å². The molecule has 3 rings (SSSR count). The first-order valence-corrected chi connectivity index (χ1v) is 10.7. The second-order valence-electron chi connectivity index (χ2n) is 6.81. The molecule has 2 amide bonds. The largest absolute Gasteiger partial charge is 0.324 e. The Labute approximate surface area is 178 Å². The van der Waals surface area contributed by atoms with Gasteiger partial charge in [-0.25, -0.2) is 17.8 Å². The van der Waals surface area contributed by atoms with Gasteiger partial charge in [-0.05, 0) is 37.3 Å². The van der Waals surface area contributed by atoms with Gasteiger partial charge in [-0.15, -0.1) is 0 Å². The summed E-state index contributed by atoms with van der Waals surface area (Å²) >= 11 is 0. The molecule has 160 valence electrons. The predicted molar refractivity (Wildman–Crippen MR) is 115 cm³/mol. The Kier molecular flexibility index (Phi) is 6.30. The van der Waals surface area contributed by atoms with Crippen LogP contribution in [0.15, 0.2) is 70.4 Å². The van der Waals surface area contributed by atoms with Crippen molar-refractivity contribution in [1.82, 2.24) is 14.5 Å². The van der Waals surface area contributed by atoms with Gasteiger partial charge in [0.1, 0.15) is 6.54 Å². The van der Waals surface area contributed by atoms with Crippen molar-refractivity contribution in [2.24, 2.45) is 0 Å². The summed E-state index contributed by atoms with van der Waals surface area (Å²) in [7, 11) is -3.96. The minimum absolute atomic E-state index is 0.121. The third-order valence-electron chi connectivity index (χ3n) is 4.23. The fourth-order valence-corrected chi connectivity index (χ4v) is 3.73.